The minimum atomic E-state index is -4.74. The minimum Gasteiger partial charge on any atom is -0.348 e. The molecule has 0 saturated carbocycles. The van der Waals surface area contributed by atoms with Crippen LogP contribution in [0.3, 0.4) is 0 Å². The summed E-state index contributed by atoms with van der Waals surface area (Å²) in [5.74, 6) is -1.48. The average Bonchev–Trinajstić information content (AvgIpc) is 3.26. The predicted molar refractivity (Wildman–Crippen MR) is 131 cm³/mol. The van der Waals surface area contributed by atoms with Crippen LogP contribution in [0.25, 0.3) is 0 Å². The Hall–Kier alpha value is -3.26. The lowest BCUT2D eigenvalue weighted by Gasteiger charge is -2.37. The highest BCUT2D eigenvalue weighted by molar-refractivity contribution is 7.15. The number of hydrogen-bond acceptors (Lipinski definition) is 3. The van der Waals surface area contributed by atoms with Crippen molar-refractivity contribution in [3.63, 3.8) is 0 Å². The fourth-order valence-electron chi connectivity index (χ4n) is 4.78. The average molecular weight is 515 g/mol. The van der Waals surface area contributed by atoms with E-state index in [9.17, 15) is 22.0 Å². The van der Waals surface area contributed by atoms with Gasteiger partial charge in [0.25, 0.3) is 0 Å². The van der Waals surface area contributed by atoms with Crippen LogP contribution in [0.4, 0.5) is 27.1 Å². The third kappa shape index (κ3) is 5.00. The molecule has 0 spiro atoms. The Bertz CT molecular complexity index is 1330. The number of thiazole rings is 1. The summed E-state index contributed by atoms with van der Waals surface area (Å²) < 4.78 is 69.9. The molecule has 8 heteroatoms. The highest BCUT2D eigenvalue weighted by Gasteiger charge is 2.39. The number of nitrogens with zero attached hydrogens (tertiary/aromatic N) is 1. The summed E-state index contributed by atoms with van der Waals surface area (Å²) in [7, 11) is 0. The summed E-state index contributed by atoms with van der Waals surface area (Å²) in [6.07, 6.45) is -0.728. The number of nitrogens with one attached hydrogen (secondary N) is 1. The monoisotopic (exact) mass is 514 g/mol. The molecular weight excluding hydrogens is 491 g/mol. The number of aromatic nitrogens is 1. The minimum absolute atomic E-state index is 0.0819. The quantitative estimate of drug-likeness (QED) is 0.265. The molecule has 0 unspecified atom stereocenters. The summed E-state index contributed by atoms with van der Waals surface area (Å²) in [5.41, 5.74) is -0.0574. The zero-order valence-electron chi connectivity index (χ0n) is 19.2. The van der Waals surface area contributed by atoms with Crippen molar-refractivity contribution < 1.29 is 22.0 Å². The van der Waals surface area contributed by atoms with Crippen molar-refractivity contribution >= 4 is 16.5 Å². The van der Waals surface area contributed by atoms with Crippen LogP contribution in [-0.4, -0.2) is 4.98 Å². The molecule has 5 rings (SSSR count). The van der Waals surface area contributed by atoms with Gasteiger partial charge in [0, 0.05) is 11.3 Å². The van der Waals surface area contributed by atoms with Crippen LogP contribution >= 0.6 is 11.3 Å². The topological polar surface area (TPSA) is 24.9 Å². The number of aryl methyl sites for hydroxylation is 2. The molecular formula is C28H23F5N2S. The number of fused-ring (bicyclic) bond motifs is 1. The van der Waals surface area contributed by atoms with Gasteiger partial charge in [-0.1, -0.05) is 42.5 Å². The first kappa shape index (κ1) is 24.4. The molecule has 4 aromatic rings. The second-order valence-corrected chi connectivity index (χ2v) is 10.1. The van der Waals surface area contributed by atoms with Crippen molar-refractivity contribution in [2.24, 2.45) is 0 Å². The molecule has 0 fully saturated rings. The van der Waals surface area contributed by atoms with E-state index >= 15 is 0 Å². The van der Waals surface area contributed by atoms with E-state index in [1.165, 1.54) is 35.6 Å². The SMILES string of the molecule is Fc1ccc([C@](Cc2ccccc2)(Nc2nc3c(s2)CCCC3)c2cc(F)cc(C(F)(F)F)c2)cc1. The first-order chi connectivity index (χ1) is 17.2. The lowest BCUT2D eigenvalue weighted by atomic mass is 9.77. The maximum absolute atomic E-state index is 14.7. The normalized spacial score (nSPS) is 15.2. The first-order valence-electron chi connectivity index (χ1n) is 11.7. The van der Waals surface area contributed by atoms with Crippen molar-refractivity contribution in [1.82, 2.24) is 4.98 Å². The van der Waals surface area contributed by atoms with Gasteiger partial charge < -0.3 is 5.32 Å². The van der Waals surface area contributed by atoms with Crippen LogP contribution in [0.15, 0.2) is 72.8 Å². The van der Waals surface area contributed by atoms with Crippen LogP contribution in [0.2, 0.25) is 0 Å². The van der Waals surface area contributed by atoms with Crippen molar-refractivity contribution in [1.29, 1.82) is 0 Å². The molecule has 3 aromatic carbocycles. The van der Waals surface area contributed by atoms with Crippen molar-refractivity contribution in [2.75, 3.05) is 5.32 Å². The summed E-state index contributed by atoms with van der Waals surface area (Å²) in [6, 6.07) is 17.4. The number of alkyl halides is 3. The van der Waals surface area contributed by atoms with Gasteiger partial charge in [0.05, 0.1) is 16.8 Å². The van der Waals surface area contributed by atoms with Gasteiger partial charge in [-0.15, -0.1) is 11.3 Å². The first-order valence-corrected chi connectivity index (χ1v) is 12.5. The fraction of sp³-hybridized carbons (Fsp3) is 0.250. The third-order valence-corrected chi connectivity index (χ3v) is 7.61. The molecule has 0 saturated heterocycles. The van der Waals surface area contributed by atoms with Crippen molar-refractivity contribution in [3.05, 3.63) is 117 Å². The molecule has 186 valence electrons. The Labute approximate surface area is 209 Å². The van der Waals surface area contributed by atoms with E-state index in [1.807, 2.05) is 30.3 Å². The Kier molecular flexibility index (Phi) is 6.55. The Morgan fingerprint density at radius 2 is 1.47 bits per heavy atom. The van der Waals surface area contributed by atoms with E-state index < -0.39 is 28.9 Å². The van der Waals surface area contributed by atoms with Crippen LogP contribution in [0, 0.1) is 11.6 Å². The zero-order chi connectivity index (χ0) is 25.3. The lowest BCUT2D eigenvalue weighted by molar-refractivity contribution is -0.137. The molecule has 1 N–H and O–H groups in total. The van der Waals surface area contributed by atoms with Crippen LogP contribution in [0.1, 0.15) is 45.7 Å². The van der Waals surface area contributed by atoms with Gasteiger partial charge in [0.15, 0.2) is 5.13 Å². The number of benzene rings is 3. The molecule has 1 atom stereocenters. The van der Waals surface area contributed by atoms with Gasteiger partial charge in [-0.25, -0.2) is 13.8 Å². The number of anilines is 1. The van der Waals surface area contributed by atoms with Crippen LogP contribution in [-0.2, 0) is 31.0 Å². The molecule has 2 nitrogen and oxygen atoms in total. The Balaban J connectivity index is 1.74. The fourth-order valence-corrected chi connectivity index (χ4v) is 5.91. The van der Waals surface area contributed by atoms with Gasteiger partial charge in [0.2, 0.25) is 0 Å². The highest BCUT2D eigenvalue weighted by Crippen LogP contribution is 2.42. The van der Waals surface area contributed by atoms with E-state index in [4.69, 9.17) is 4.98 Å². The van der Waals surface area contributed by atoms with E-state index in [0.717, 1.165) is 54.0 Å². The maximum Gasteiger partial charge on any atom is 0.416 e. The second kappa shape index (κ2) is 9.65. The molecule has 0 aliphatic heterocycles. The second-order valence-electron chi connectivity index (χ2n) is 9.02. The maximum atomic E-state index is 14.7. The van der Waals surface area contributed by atoms with E-state index in [-0.39, 0.29) is 12.0 Å². The highest BCUT2D eigenvalue weighted by atomic mass is 32.1. The van der Waals surface area contributed by atoms with Gasteiger partial charge >= 0.3 is 6.18 Å². The summed E-state index contributed by atoms with van der Waals surface area (Å²) in [5, 5.41) is 3.95. The summed E-state index contributed by atoms with van der Waals surface area (Å²) in [4.78, 5) is 5.90. The molecule has 1 heterocycles. The van der Waals surface area contributed by atoms with Gasteiger partial charge in [-0.05, 0) is 72.7 Å². The van der Waals surface area contributed by atoms with Crippen molar-refractivity contribution in [3.8, 4) is 0 Å². The molecule has 36 heavy (non-hydrogen) atoms. The van der Waals surface area contributed by atoms with Gasteiger partial charge in [-0.3, -0.25) is 0 Å². The zero-order valence-corrected chi connectivity index (χ0v) is 20.0. The molecule has 1 aromatic heterocycles. The molecule has 0 radical (unpaired) electrons. The molecule has 0 bridgehead atoms. The standard InChI is InChI=1S/C28H23F5N2S/c29-22-12-10-19(11-13-22)27(17-18-6-2-1-3-7-18,20-14-21(28(31,32)33)16-23(30)15-20)35-26-34-24-8-4-5-9-25(24)36-26/h1-3,6-7,10-16H,4-5,8-9,17H2,(H,34,35)/t27-/m0/s1. The van der Waals surface area contributed by atoms with Gasteiger partial charge in [0.1, 0.15) is 11.6 Å². The molecule has 1 aliphatic carbocycles. The van der Waals surface area contributed by atoms with Crippen molar-refractivity contribution in [2.45, 2.75) is 43.8 Å². The van der Waals surface area contributed by atoms with E-state index in [1.54, 1.807) is 0 Å². The Morgan fingerprint density at radius 3 is 2.17 bits per heavy atom. The summed E-state index contributed by atoms with van der Waals surface area (Å²) >= 11 is 1.47. The molecule has 0 amide bonds. The largest absolute Gasteiger partial charge is 0.416 e. The molecule has 1 aliphatic rings. The van der Waals surface area contributed by atoms with Crippen LogP contribution in [0.5, 0.6) is 0 Å². The van der Waals surface area contributed by atoms with Crippen LogP contribution < -0.4 is 5.32 Å². The van der Waals surface area contributed by atoms with E-state index in [2.05, 4.69) is 5.32 Å². The third-order valence-electron chi connectivity index (χ3n) is 6.53. The lowest BCUT2D eigenvalue weighted by Crippen LogP contribution is -2.39. The number of hydrogen-bond donors (Lipinski definition) is 1. The number of rotatable bonds is 6. The van der Waals surface area contributed by atoms with E-state index in [0.29, 0.717) is 16.8 Å². The van der Waals surface area contributed by atoms with Gasteiger partial charge in [-0.2, -0.15) is 13.2 Å². The summed E-state index contributed by atoms with van der Waals surface area (Å²) in [6.45, 7) is 0. The number of halogens is 5. The Morgan fingerprint density at radius 1 is 0.778 bits per heavy atom. The predicted octanol–water partition coefficient (Wildman–Crippen LogP) is 7.92. The smallest absolute Gasteiger partial charge is 0.348 e.